The molecule has 0 aromatic rings. The predicted octanol–water partition coefficient (Wildman–Crippen LogP) is 1.42. The van der Waals surface area contributed by atoms with Gasteiger partial charge in [-0.05, 0) is 31.6 Å². The molecule has 0 amide bonds. The van der Waals surface area contributed by atoms with Crippen molar-refractivity contribution in [1.29, 1.82) is 0 Å². The first-order chi connectivity index (χ1) is 11.3. The van der Waals surface area contributed by atoms with E-state index in [0.29, 0.717) is 31.7 Å². The van der Waals surface area contributed by atoms with Gasteiger partial charge in [0, 0.05) is 13.2 Å². The summed E-state index contributed by atoms with van der Waals surface area (Å²) in [6, 6.07) is -0.516. The van der Waals surface area contributed by atoms with Crippen LogP contribution in [-0.4, -0.2) is 56.8 Å². The third kappa shape index (κ3) is 7.92. The molecule has 3 N–H and O–H groups in total. The lowest BCUT2D eigenvalue weighted by molar-refractivity contribution is -0.415. The van der Waals surface area contributed by atoms with Crippen molar-refractivity contribution in [2.45, 2.75) is 71.8 Å². The molecular weight excluding hydrogens is 310 g/mol. The molecule has 4 atom stereocenters. The molecule has 1 aliphatic rings. The van der Waals surface area contributed by atoms with E-state index in [4.69, 9.17) is 18.9 Å². The minimum absolute atomic E-state index is 0.244. The Labute approximate surface area is 146 Å². The molecule has 1 fully saturated rings. The second kappa shape index (κ2) is 11.0. The van der Waals surface area contributed by atoms with Gasteiger partial charge in [-0.3, -0.25) is 0 Å². The molecule has 1 heterocycles. The van der Waals surface area contributed by atoms with Crippen molar-refractivity contribution >= 4 is 5.97 Å². The van der Waals surface area contributed by atoms with Gasteiger partial charge in [0.25, 0.3) is 0 Å². The number of hydrogen-bond donors (Lipinski definition) is 1. The molecule has 1 aliphatic heterocycles. The Morgan fingerprint density at radius 2 is 1.67 bits per heavy atom. The highest BCUT2D eigenvalue weighted by molar-refractivity contribution is 5.74. The Kier molecular flexibility index (Phi) is 9.81. The summed E-state index contributed by atoms with van der Waals surface area (Å²) >= 11 is 0. The fourth-order valence-electron chi connectivity index (χ4n) is 2.42. The maximum Gasteiger partial charge on any atom is 0.367 e. The largest absolute Gasteiger partial charge is 0.455 e. The van der Waals surface area contributed by atoms with E-state index in [0.717, 1.165) is 12.8 Å². The van der Waals surface area contributed by atoms with Crippen LogP contribution in [0.2, 0.25) is 0 Å². The molecule has 24 heavy (non-hydrogen) atoms. The van der Waals surface area contributed by atoms with E-state index in [1.165, 1.54) is 0 Å². The topological polar surface area (TPSA) is 81.6 Å². The van der Waals surface area contributed by atoms with Crippen LogP contribution in [0.4, 0.5) is 0 Å². The molecule has 0 spiro atoms. The molecule has 0 aromatic heterocycles. The lowest BCUT2D eigenvalue weighted by Gasteiger charge is -2.31. The Bertz CT molecular complexity index is 361. The highest BCUT2D eigenvalue weighted by Gasteiger charge is 2.35. The van der Waals surface area contributed by atoms with Gasteiger partial charge >= 0.3 is 5.97 Å². The van der Waals surface area contributed by atoms with Crippen LogP contribution < -0.4 is 5.73 Å². The van der Waals surface area contributed by atoms with Crippen molar-refractivity contribution in [3.8, 4) is 0 Å². The highest BCUT2D eigenvalue weighted by atomic mass is 16.6. The quantitative estimate of drug-likeness (QED) is 0.672. The van der Waals surface area contributed by atoms with Gasteiger partial charge in [0.15, 0.2) is 0 Å². The van der Waals surface area contributed by atoms with E-state index in [2.05, 4.69) is 33.4 Å². The molecule has 0 bridgehead atoms. The van der Waals surface area contributed by atoms with Crippen LogP contribution in [0.5, 0.6) is 0 Å². The fraction of sp³-hybridized carbons (Fsp3) is 0.944. The van der Waals surface area contributed by atoms with Crippen LogP contribution in [0.15, 0.2) is 0 Å². The summed E-state index contributed by atoms with van der Waals surface area (Å²) in [5.74, 6) is 0.782. The monoisotopic (exact) mass is 346 g/mol. The molecular formula is C18H36NO5+. The number of cyclic esters (lactones) is 1. The molecule has 0 aliphatic carbocycles. The predicted molar refractivity (Wildman–Crippen MR) is 91.4 cm³/mol. The molecule has 0 unspecified atom stereocenters. The van der Waals surface area contributed by atoms with Crippen LogP contribution in [0.1, 0.15) is 47.5 Å². The van der Waals surface area contributed by atoms with Gasteiger partial charge in [0.1, 0.15) is 24.9 Å². The summed E-state index contributed by atoms with van der Waals surface area (Å²) in [4.78, 5) is 12.0. The maximum atomic E-state index is 12.0. The lowest BCUT2D eigenvalue weighted by atomic mass is 10.1. The number of quaternary nitrogens is 1. The van der Waals surface area contributed by atoms with Gasteiger partial charge in [-0.15, -0.1) is 0 Å². The summed E-state index contributed by atoms with van der Waals surface area (Å²) in [5, 5.41) is 0. The van der Waals surface area contributed by atoms with Gasteiger partial charge in [-0.25, -0.2) is 4.79 Å². The van der Waals surface area contributed by atoms with Gasteiger partial charge in [-0.2, -0.15) is 0 Å². The summed E-state index contributed by atoms with van der Waals surface area (Å²) in [6.07, 6.45) is 0.963. The number of rotatable bonds is 8. The summed E-state index contributed by atoms with van der Waals surface area (Å²) in [6.45, 7) is 12.4. The zero-order chi connectivity index (χ0) is 18.1. The average molecular weight is 346 g/mol. The molecule has 6 nitrogen and oxygen atoms in total. The Hall–Kier alpha value is -0.690. The second-order valence-corrected chi connectivity index (χ2v) is 7.49. The number of esters is 1. The van der Waals surface area contributed by atoms with E-state index >= 15 is 0 Å². The number of carbonyl (C=O) groups is 1. The van der Waals surface area contributed by atoms with Crippen molar-refractivity contribution in [3.63, 3.8) is 0 Å². The first-order valence-electron chi connectivity index (χ1n) is 9.15. The van der Waals surface area contributed by atoms with E-state index in [-0.39, 0.29) is 30.9 Å². The highest BCUT2D eigenvalue weighted by Crippen LogP contribution is 2.17. The van der Waals surface area contributed by atoms with E-state index in [9.17, 15) is 4.79 Å². The Morgan fingerprint density at radius 3 is 2.25 bits per heavy atom. The maximum absolute atomic E-state index is 12.0. The number of ether oxygens (including phenoxy) is 4. The SMILES string of the molecule is CC(C)CCO[C@H]1[C@H](C)OC(=O)[C@@H]([NH3+])COC[C@@H]1OCCC(C)C. The van der Waals surface area contributed by atoms with E-state index < -0.39 is 6.04 Å². The lowest BCUT2D eigenvalue weighted by Crippen LogP contribution is -2.67. The molecule has 1 saturated heterocycles. The molecule has 6 heteroatoms. The first kappa shape index (κ1) is 21.4. The van der Waals surface area contributed by atoms with Crippen LogP contribution in [0, 0.1) is 11.8 Å². The van der Waals surface area contributed by atoms with E-state index in [1.807, 2.05) is 6.92 Å². The zero-order valence-corrected chi connectivity index (χ0v) is 16.0. The van der Waals surface area contributed by atoms with Gasteiger partial charge in [0.05, 0.1) is 6.61 Å². The molecule has 0 saturated carbocycles. The van der Waals surface area contributed by atoms with Crippen LogP contribution in [0.3, 0.4) is 0 Å². The van der Waals surface area contributed by atoms with Gasteiger partial charge in [0.2, 0.25) is 6.04 Å². The minimum atomic E-state index is -0.516. The Balaban J connectivity index is 2.74. The Morgan fingerprint density at radius 1 is 1.08 bits per heavy atom. The minimum Gasteiger partial charge on any atom is -0.455 e. The number of hydrogen-bond acceptors (Lipinski definition) is 5. The van der Waals surface area contributed by atoms with E-state index in [1.54, 1.807) is 0 Å². The van der Waals surface area contributed by atoms with Crippen molar-refractivity contribution in [3.05, 3.63) is 0 Å². The molecule has 0 radical (unpaired) electrons. The van der Waals surface area contributed by atoms with Crippen molar-refractivity contribution in [2.75, 3.05) is 26.4 Å². The average Bonchev–Trinajstić information content (AvgIpc) is 2.52. The standard InChI is InChI=1S/C18H35NO5/c1-12(2)6-8-22-16-11-21-10-15(19)18(20)24-14(5)17(16)23-9-7-13(3)4/h12-17H,6-11,19H2,1-5H3/p+1/t14-,15-,16-,17-/m0/s1. The third-order valence-electron chi connectivity index (χ3n) is 4.10. The smallest absolute Gasteiger partial charge is 0.367 e. The van der Waals surface area contributed by atoms with Crippen LogP contribution >= 0.6 is 0 Å². The number of carbonyl (C=O) groups excluding carboxylic acids is 1. The van der Waals surface area contributed by atoms with Crippen LogP contribution in [-0.2, 0) is 23.7 Å². The zero-order valence-electron chi connectivity index (χ0n) is 16.0. The third-order valence-corrected chi connectivity index (χ3v) is 4.10. The van der Waals surface area contributed by atoms with Gasteiger partial charge in [-0.1, -0.05) is 27.7 Å². The summed E-state index contributed by atoms with van der Waals surface area (Å²) < 4.78 is 23.3. The van der Waals surface area contributed by atoms with Crippen molar-refractivity contribution < 1.29 is 29.5 Å². The van der Waals surface area contributed by atoms with Crippen molar-refractivity contribution in [1.82, 2.24) is 0 Å². The molecule has 0 aromatic carbocycles. The second-order valence-electron chi connectivity index (χ2n) is 7.49. The van der Waals surface area contributed by atoms with Crippen molar-refractivity contribution in [2.24, 2.45) is 11.8 Å². The molecule has 1 rings (SSSR count). The molecule has 142 valence electrons. The van der Waals surface area contributed by atoms with Crippen LogP contribution in [0.25, 0.3) is 0 Å². The summed E-state index contributed by atoms with van der Waals surface area (Å²) in [7, 11) is 0. The fourth-order valence-corrected chi connectivity index (χ4v) is 2.42. The summed E-state index contributed by atoms with van der Waals surface area (Å²) in [5.41, 5.74) is 3.80. The first-order valence-corrected chi connectivity index (χ1v) is 9.15. The van der Waals surface area contributed by atoms with Gasteiger partial charge < -0.3 is 24.7 Å². The normalized spacial score (nSPS) is 29.2.